The number of hydrogen-bond acceptors (Lipinski definition) is 3. The Morgan fingerprint density at radius 1 is 1.00 bits per heavy atom. The quantitative estimate of drug-likeness (QED) is 0.659. The van der Waals surface area contributed by atoms with Gasteiger partial charge in [0.15, 0.2) is 0 Å². The summed E-state index contributed by atoms with van der Waals surface area (Å²) in [6, 6.07) is 10.3. The Morgan fingerprint density at radius 2 is 1.57 bits per heavy atom. The lowest BCUT2D eigenvalue weighted by atomic mass is 10.0. The lowest BCUT2D eigenvalue weighted by Gasteiger charge is -2.15. The Labute approximate surface area is 142 Å². The smallest absolute Gasteiger partial charge is 0.120 e. The van der Waals surface area contributed by atoms with E-state index in [9.17, 15) is 5.11 Å². The Morgan fingerprint density at radius 3 is 2.14 bits per heavy atom. The summed E-state index contributed by atoms with van der Waals surface area (Å²) in [4.78, 5) is 0. The molecule has 1 N–H and O–H groups in total. The SMILES string of the molecule is Cc1cc2c(cc1C)CSC(c1cc(Br)ccc1O)SC2. The molecular formula is C17H17BrOS2. The summed E-state index contributed by atoms with van der Waals surface area (Å²) in [6.45, 7) is 4.35. The molecule has 1 aliphatic rings. The maximum absolute atomic E-state index is 10.1. The molecule has 0 saturated carbocycles. The second-order valence-corrected chi connectivity index (χ2v) is 8.76. The van der Waals surface area contributed by atoms with Crippen LogP contribution in [0.15, 0.2) is 34.8 Å². The molecule has 110 valence electrons. The van der Waals surface area contributed by atoms with Crippen LogP contribution < -0.4 is 0 Å². The van der Waals surface area contributed by atoms with Crippen LogP contribution >= 0.6 is 39.5 Å². The number of benzene rings is 2. The van der Waals surface area contributed by atoms with Gasteiger partial charge in [-0.1, -0.05) is 28.1 Å². The highest BCUT2D eigenvalue weighted by Crippen LogP contribution is 2.49. The van der Waals surface area contributed by atoms with Crippen molar-refractivity contribution in [2.24, 2.45) is 0 Å². The van der Waals surface area contributed by atoms with Gasteiger partial charge in [-0.25, -0.2) is 0 Å². The van der Waals surface area contributed by atoms with Crippen molar-refractivity contribution < 1.29 is 5.11 Å². The van der Waals surface area contributed by atoms with Crippen LogP contribution in [0.3, 0.4) is 0 Å². The minimum atomic E-state index is 0.274. The lowest BCUT2D eigenvalue weighted by molar-refractivity contribution is 0.470. The van der Waals surface area contributed by atoms with Gasteiger partial charge in [-0.15, -0.1) is 23.5 Å². The first kappa shape index (κ1) is 15.3. The maximum Gasteiger partial charge on any atom is 0.120 e. The first-order valence-corrected chi connectivity index (χ1v) is 9.74. The number of phenolic OH excluding ortho intramolecular Hbond substituents is 1. The first-order valence-electron chi connectivity index (χ1n) is 6.85. The fourth-order valence-corrected chi connectivity index (χ4v) is 5.59. The molecule has 0 radical (unpaired) electrons. The Balaban J connectivity index is 1.89. The second kappa shape index (κ2) is 6.27. The molecule has 0 atom stereocenters. The number of fused-ring (bicyclic) bond motifs is 1. The van der Waals surface area contributed by atoms with E-state index in [1.807, 2.05) is 35.7 Å². The van der Waals surface area contributed by atoms with Crippen LogP contribution in [0.5, 0.6) is 5.75 Å². The van der Waals surface area contributed by atoms with Gasteiger partial charge < -0.3 is 5.11 Å². The van der Waals surface area contributed by atoms with E-state index in [1.165, 1.54) is 22.3 Å². The molecule has 1 aliphatic heterocycles. The molecule has 1 nitrogen and oxygen atoms in total. The largest absolute Gasteiger partial charge is 0.508 e. The maximum atomic E-state index is 10.1. The van der Waals surface area contributed by atoms with E-state index >= 15 is 0 Å². The molecule has 0 fully saturated rings. The lowest BCUT2D eigenvalue weighted by Crippen LogP contribution is -1.92. The van der Waals surface area contributed by atoms with Gasteiger partial charge in [0.25, 0.3) is 0 Å². The molecule has 1 heterocycles. The van der Waals surface area contributed by atoms with E-state index in [2.05, 4.69) is 41.9 Å². The number of aryl methyl sites for hydroxylation is 2. The van der Waals surface area contributed by atoms with Gasteiger partial charge in [0.1, 0.15) is 5.75 Å². The fraction of sp³-hybridized carbons (Fsp3) is 0.294. The van der Waals surface area contributed by atoms with Gasteiger partial charge in [0.05, 0.1) is 4.58 Å². The fourth-order valence-electron chi connectivity index (χ4n) is 2.48. The van der Waals surface area contributed by atoms with E-state index in [0.29, 0.717) is 5.75 Å². The first-order chi connectivity index (χ1) is 10.0. The molecule has 0 spiro atoms. The summed E-state index contributed by atoms with van der Waals surface area (Å²) < 4.78 is 1.29. The summed E-state index contributed by atoms with van der Waals surface area (Å²) in [6.07, 6.45) is 0. The average Bonchev–Trinajstić information content (AvgIpc) is 2.65. The molecule has 2 aromatic carbocycles. The molecule has 0 aliphatic carbocycles. The summed E-state index contributed by atoms with van der Waals surface area (Å²) in [5.41, 5.74) is 6.62. The van der Waals surface area contributed by atoms with Gasteiger partial charge in [-0.3, -0.25) is 0 Å². The number of phenols is 1. The number of thioether (sulfide) groups is 2. The molecule has 0 unspecified atom stereocenters. The Hall–Kier alpha value is -0.580. The van der Waals surface area contributed by atoms with E-state index < -0.39 is 0 Å². The van der Waals surface area contributed by atoms with Crippen LogP contribution in [0.4, 0.5) is 0 Å². The van der Waals surface area contributed by atoms with Crippen LogP contribution in [0.25, 0.3) is 0 Å². The molecule has 0 amide bonds. The van der Waals surface area contributed by atoms with E-state index in [4.69, 9.17) is 0 Å². The van der Waals surface area contributed by atoms with Crippen molar-refractivity contribution in [3.05, 3.63) is 62.6 Å². The minimum absolute atomic E-state index is 0.274. The number of aromatic hydroxyl groups is 1. The van der Waals surface area contributed by atoms with Crippen molar-refractivity contribution in [3.63, 3.8) is 0 Å². The van der Waals surface area contributed by atoms with Crippen LogP contribution in [0.2, 0.25) is 0 Å². The standard InChI is InChI=1S/C17H17BrOS2/c1-10-5-12-8-20-17(21-9-13(12)6-11(10)2)15-7-14(18)3-4-16(15)19/h3-7,17,19H,8-9H2,1-2H3. The molecule has 0 aromatic heterocycles. The van der Waals surface area contributed by atoms with Crippen LogP contribution in [0, 0.1) is 13.8 Å². The second-order valence-electron chi connectivity index (χ2n) is 5.36. The van der Waals surface area contributed by atoms with Crippen LogP contribution in [-0.4, -0.2) is 5.11 Å². The zero-order valence-corrected chi connectivity index (χ0v) is 15.2. The van der Waals surface area contributed by atoms with Crippen molar-refractivity contribution in [1.82, 2.24) is 0 Å². The normalized spacial score (nSPS) is 15.6. The molecule has 0 saturated heterocycles. The number of halogens is 1. The zero-order valence-electron chi connectivity index (χ0n) is 12.0. The third kappa shape index (κ3) is 3.27. The van der Waals surface area contributed by atoms with Gasteiger partial charge in [-0.05, 0) is 54.3 Å². The highest BCUT2D eigenvalue weighted by Gasteiger charge is 2.22. The minimum Gasteiger partial charge on any atom is -0.508 e. The van der Waals surface area contributed by atoms with Gasteiger partial charge in [-0.2, -0.15) is 0 Å². The van der Waals surface area contributed by atoms with Crippen molar-refractivity contribution in [3.8, 4) is 5.75 Å². The van der Waals surface area contributed by atoms with E-state index in [0.717, 1.165) is 21.5 Å². The van der Waals surface area contributed by atoms with Crippen molar-refractivity contribution in [2.75, 3.05) is 0 Å². The number of rotatable bonds is 1. The van der Waals surface area contributed by atoms with Crippen LogP contribution in [-0.2, 0) is 11.5 Å². The molecule has 3 rings (SSSR count). The highest BCUT2D eigenvalue weighted by molar-refractivity contribution is 9.10. The van der Waals surface area contributed by atoms with Crippen molar-refractivity contribution in [2.45, 2.75) is 29.9 Å². The third-order valence-electron chi connectivity index (χ3n) is 3.84. The predicted molar refractivity (Wildman–Crippen MR) is 97.1 cm³/mol. The average molecular weight is 381 g/mol. The molecule has 4 heteroatoms. The van der Waals surface area contributed by atoms with Crippen LogP contribution in [0.1, 0.15) is 32.4 Å². The van der Waals surface area contributed by atoms with Gasteiger partial charge >= 0.3 is 0 Å². The van der Waals surface area contributed by atoms with Crippen molar-refractivity contribution >= 4 is 39.5 Å². The van der Waals surface area contributed by atoms with Crippen molar-refractivity contribution in [1.29, 1.82) is 0 Å². The molecule has 2 aromatic rings. The van der Waals surface area contributed by atoms with Gasteiger partial charge in [0, 0.05) is 21.5 Å². The molecular weight excluding hydrogens is 364 g/mol. The molecule has 21 heavy (non-hydrogen) atoms. The zero-order chi connectivity index (χ0) is 15.0. The predicted octanol–water partition coefficient (Wildman–Crippen LogP) is 5.95. The molecule has 0 bridgehead atoms. The summed E-state index contributed by atoms with van der Waals surface area (Å²) in [5, 5.41) is 10.1. The van der Waals surface area contributed by atoms with E-state index in [1.54, 1.807) is 6.07 Å². The summed E-state index contributed by atoms with van der Waals surface area (Å²) in [7, 11) is 0. The van der Waals surface area contributed by atoms with E-state index in [-0.39, 0.29) is 4.58 Å². The Kier molecular flexibility index (Phi) is 4.57. The third-order valence-corrected chi connectivity index (χ3v) is 7.22. The highest BCUT2D eigenvalue weighted by atomic mass is 79.9. The van der Waals surface area contributed by atoms with Gasteiger partial charge in [0.2, 0.25) is 0 Å². The topological polar surface area (TPSA) is 20.2 Å². The monoisotopic (exact) mass is 380 g/mol. The summed E-state index contributed by atoms with van der Waals surface area (Å²) in [5.74, 6) is 2.39. The number of hydrogen-bond donors (Lipinski definition) is 1. The summed E-state index contributed by atoms with van der Waals surface area (Å²) >= 11 is 7.30. The Bertz CT molecular complexity index is 652.